The largest absolute Gasteiger partial charge is 0.395 e. The molecule has 3 atom stereocenters. The van der Waals surface area contributed by atoms with Gasteiger partial charge in [-0.05, 0) is 61.0 Å². The number of nitrogens with one attached hydrogen (secondary N) is 3. The Bertz CT molecular complexity index is 1530. The highest BCUT2D eigenvalue weighted by Crippen LogP contribution is 2.59. The molecular weight excluding hydrogens is 638 g/mol. The fourth-order valence-electron chi connectivity index (χ4n) is 5.73. The zero-order chi connectivity index (χ0) is 36.1. The third-order valence-electron chi connectivity index (χ3n) is 8.03. The first-order chi connectivity index (χ1) is 23.0. The van der Waals surface area contributed by atoms with Gasteiger partial charge in [-0.1, -0.05) is 57.2 Å². The summed E-state index contributed by atoms with van der Waals surface area (Å²) in [5.41, 5.74) is 11.6. The van der Waals surface area contributed by atoms with Gasteiger partial charge in [0.25, 0.3) is 5.92 Å². The van der Waals surface area contributed by atoms with Crippen LogP contribution in [-0.2, 0) is 22.1 Å². The summed E-state index contributed by atoms with van der Waals surface area (Å²) < 4.78 is 28.2. The van der Waals surface area contributed by atoms with E-state index in [9.17, 15) is 23.2 Å². The van der Waals surface area contributed by atoms with Crippen molar-refractivity contribution < 1.29 is 28.3 Å². The van der Waals surface area contributed by atoms with Crippen molar-refractivity contribution in [3.63, 3.8) is 0 Å². The predicted octanol–water partition coefficient (Wildman–Crippen LogP) is 4.12. The number of amides is 2. The Hall–Kier alpha value is -3.88. The van der Waals surface area contributed by atoms with Crippen LogP contribution < -0.4 is 22.1 Å². The van der Waals surface area contributed by atoms with Gasteiger partial charge in [0.15, 0.2) is 0 Å². The normalized spacial score (nSPS) is 19.8. The number of benzene rings is 2. The standard InChI is InChI=1S/C16H22N4O2S.C14H8F2O.C2H7NO.C2H6.CH5N/c1-16-4-12(20(13(16)5-16)14(21)8-18-2)15(22)19-7-11-3-10(6-17)9-23-11;15-14(16)12-4-2-1-3-10(12)11-7-9(8-17)5-6-13(11)14;3-1-2-4;2*1-2/h3,6,9,12-13,17-18H,4-5,7-8H2,1-2H3,(H,19,22);1-8H;4H,1-3H2;1-2H3;2H2,1H3/t12?,13?,16-;;;;/m1..../s1. The lowest BCUT2D eigenvalue weighted by atomic mass is 10.0. The lowest BCUT2D eigenvalue weighted by Gasteiger charge is -2.26. The molecule has 0 radical (unpaired) electrons. The Morgan fingerprint density at radius 3 is 2.31 bits per heavy atom. The number of fused-ring (bicyclic) bond motifs is 4. The number of carbonyl (C=O) groups excluding carboxylic acids is 3. The number of hydrogen-bond donors (Lipinski definition) is 6. The predicted molar refractivity (Wildman–Crippen MR) is 188 cm³/mol. The number of aliphatic hydroxyl groups excluding tert-OH is 1. The van der Waals surface area contributed by atoms with E-state index in [4.69, 9.17) is 16.2 Å². The van der Waals surface area contributed by atoms with Crippen LogP contribution in [0.3, 0.4) is 0 Å². The van der Waals surface area contributed by atoms with Crippen molar-refractivity contribution in [2.75, 3.05) is 33.8 Å². The van der Waals surface area contributed by atoms with Gasteiger partial charge in [-0.25, -0.2) is 0 Å². The quantitative estimate of drug-likeness (QED) is 0.153. The first-order valence-corrected chi connectivity index (χ1v) is 16.7. The third kappa shape index (κ3) is 9.17. The smallest absolute Gasteiger partial charge is 0.299 e. The summed E-state index contributed by atoms with van der Waals surface area (Å²) in [5, 5.41) is 22.7. The van der Waals surface area contributed by atoms with Gasteiger partial charge in [-0.3, -0.25) is 14.4 Å². The number of likely N-dealkylation sites (tertiary alicyclic amines) is 1. The minimum absolute atomic E-state index is 0.00101. The Labute approximate surface area is 285 Å². The first-order valence-electron chi connectivity index (χ1n) is 15.8. The lowest BCUT2D eigenvalue weighted by Crippen LogP contribution is -2.49. The van der Waals surface area contributed by atoms with Crippen LogP contribution >= 0.6 is 11.3 Å². The number of aliphatic hydroxyl groups is 1. The van der Waals surface area contributed by atoms with Crippen molar-refractivity contribution >= 4 is 35.7 Å². The second-order valence-corrected chi connectivity index (χ2v) is 12.2. The summed E-state index contributed by atoms with van der Waals surface area (Å²) in [4.78, 5) is 38.4. The molecule has 2 fully saturated rings. The maximum Gasteiger partial charge on any atom is 0.299 e. The van der Waals surface area contributed by atoms with Crippen molar-refractivity contribution in [3.8, 4) is 11.1 Å². The summed E-state index contributed by atoms with van der Waals surface area (Å²) in [5.74, 6) is -3.04. The molecule has 262 valence electrons. The molecule has 1 saturated carbocycles. The van der Waals surface area contributed by atoms with Crippen LogP contribution in [0.25, 0.3) is 11.1 Å². The third-order valence-corrected chi connectivity index (χ3v) is 8.99. The molecule has 2 heterocycles. The van der Waals surface area contributed by atoms with Crippen molar-refractivity contribution in [3.05, 3.63) is 81.0 Å². The Morgan fingerprint density at radius 1 is 1.08 bits per heavy atom. The van der Waals surface area contributed by atoms with Crippen LogP contribution in [0.15, 0.2) is 53.9 Å². The van der Waals surface area contributed by atoms with E-state index in [0.717, 1.165) is 23.3 Å². The van der Waals surface area contributed by atoms with Gasteiger partial charge >= 0.3 is 0 Å². The second-order valence-electron chi connectivity index (χ2n) is 11.2. The number of nitrogens with zero attached hydrogens (tertiary/aromatic N) is 1. The fourth-order valence-corrected chi connectivity index (χ4v) is 6.51. The lowest BCUT2D eigenvalue weighted by molar-refractivity contribution is -0.139. The van der Waals surface area contributed by atoms with Crippen molar-refractivity contribution in [2.24, 2.45) is 16.9 Å². The molecule has 10 nitrogen and oxygen atoms in total. The Balaban J connectivity index is 0.000000282. The number of likely N-dealkylation sites (N-methyl/N-ethyl adjacent to an activating group) is 1. The topological polar surface area (TPSA) is 175 Å². The van der Waals surface area contributed by atoms with E-state index < -0.39 is 5.92 Å². The Kier molecular flexibility index (Phi) is 15.6. The molecule has 2 amide bonds. The van der Waals surface area contributed by atoms with Gasteiger partial charge in [0.05, 0.1) is 19.7 Å². The summed E-state index contributed by atoms with van der Waals surface area (Å²) in [7, 11) is 3.24. The van der Waals surface area contributed by atoms with Crippen molar-refractivity contribution in [1.82, 2.24) is 15.5 Å². The minimum Gasteiger partial charge on any atom is -0.395 e. The van der Waals surface area contributed by atoms with E-state index in [-0.39, 0.29) is 53.6 Å². The second kappa shape index (κ2) is 18.6. The summed E-state index contributed by atoms with van der Waals surface area (Å²) >= 11 is 1.53. The molecule has 2 aliphatic carbocycles. The van der Waals surface area contributed by atoms with Crippen molar-refractivity contribution in [1.29, 1.82) is 5.41 Å². The van der Waals surface area contributed by atoms with Crippen LogP contribution in [0.2, 0.25) is 0 Å². The van der Waals surface area contributed by atoms with E-state index >= 15 is 0 Å². The van der Waals surface area contributed by atoms with E-state index in [1.807, 2.05) is 25.3 Å². The highest BCUT2D eigenvalue weighted by Gasteiger charge is 2.64. The molecule has 2 aromatic carbocycles. The number of nitrogens with two attached hydrogens (primary N) is 2. The summed E-state index contributed by atoms with van der Waals surface area (Å²) in [6, 6.07) is 12.4. The fraction of sp³-hybridized carbons (Fsp3) is 0.429. The molecule has 0 spiro atoms. The van der Waals surface area contributed by atoms with Gasteiger partial charge in [-0.15, -0.1) is 11.3 Å². The number of alkyl halides is 2. The number of halogens is 2. The number of piperidine rings is 1. The van der Waals surface area contributed by atoms with Gasteiger partial charge < -0.3 is 37.5 Å². The van der Waals surface area contributed by atoms with Gasteiger partial charge in [0, 0.05) is 45.9 Å². The Morgan fingerprint density at radius 2 is 1.73 bits per heavy atom. The molecule has 2 unspecified atom stereocenters. The van der Waals surface area contributed by atoms with Crippen LogP contribution in [0.5, 0.6) is 0 Å². The molecule has 1 aliphatic heterocycles. The van der Waals surface area contributed by atoms with Crippen molar-refractivity contribution in [2.45, 2.75) is 58.2 Å². The average molecular weight is 687 g/mol. The molecule has 0 bridgehead atoms. The maximum absolute atomic E-state index is 14.1. The zero-order valence-corrected chi connectivity index (χ0v) is 29.0. The van der Waals surface area contributed by atoms with E-state index in [1.165, 1.54) is 48.9 Å². The molecular formula is C35H48F2N6O4S. The molecule has 3 aromatic rings. The highest BCUT2D eigenvalue weighted by molar-refractivity contribution is 7.10. The van der Waals surface area contributed by atoms with Gasteiger partial charge in [0.1, 0.15) is 12.3 Å². The molecule has 1 saturated heterocycles. The minimum atomic E-state index is -2.96. The number of aldehydes is 1. The summed E-state index contributed by atoms with van der Waals surface area (Å²) in [6.07, 6.45) is 3.71. The molecule has 6 rings (SSSR count). The van der Waals surface area contributed by atoms with Crippen LogP contribution in [0.1, 0.15) is 65.5 Å². The van der Waals surface area contributed by atoms with E-state index in [0.29, 0.717) is 36.1 Å². The van der Waals surface area contributed by atoms with Crippen LogP contribution in [0, 0.1) is 10.8 Å². The molecule has 3 aliphatic rings. The monoisotopic (exact) mass is 686 g/mol. The number of thiophene rings is 1. The maximum atomic E-state index is 14.1. The zero-order valence-electron chi connectivity index (χ0n) is 28.2. The van der Waals surface area contributed by atoms with E-state index in [2.05, 4.69) is 23.3 Å². The van der Waals surface area contributed by atoms with Gasteiger partial charge in [0.2, 0.25) is 11.8 Å². The van der Waals surface area contributed by atoms with E-state index in [1.54, 1.807) is 30.1 Å². The van der Waals surface area contributed by atoms with Crippen LogP contribution in [-0.4, -0.2) is 80.2 Å². The molecule has 8 N–H and O–H groups in total. The van der Waals surface area contributed by atoms with Crippen LogP contribution in [0.4, 0.5) is 8.78 Å². The molecule has 13 heteroatoms. The number of rotatable bonds is 8. The number of hydrogen-bond acceptors (Lipinski definition) is 9. The molecule has 1 aromatic heterocycles. The SMILES string of the molecule is CC.CN.CNCC(=O)N1C(C(=O)NCc2cc(C=N)cs2)C[C@]2(C)CC12.NCCO.O=Cc1ccc2c(c1)-c1ccccc1C2(F)F. The summed E-state index contributed by atoms with van der Waals surface area (Å²) in [6.45, 7) is 7.34. The number of carbonyl (C=O) groups is 3. The average Bonchev–Trinajstić information content (AvgIpc) is 3.38. The first kappa shape index (κ1) is 40.3. The van der Waals surface area contributed by atoms with Gasteiger partial charge in [-0.2, -0.15) is 8.78 Å². The molecule has 48 heavy (non-hydrogen) atoms. The highest BCUT2D eigenvalue weighted by atomic mass is 32.1.